The lowest BCUT2D eigenvalue weighted by Crippen LogP contribution is -2.38. The normalized spacial score (nSPS) is 21.1. The lowest BCUT2D eigenvalue weighted by molar-refractivity contribution is -0.117. The summed E-state index contributed by atoms with van der Waals surface area (Å²) in [6, 6.07) is 0. The Hall–Kier alpha value is -1.09. The first-order valence-electron chi connectivity index (χ1n) is 6.57. The lowest BCUT2D eigenvalue weighted by atomic mass is 10.1. The molecule has 3 nitrogen and oxygen atoms in total. The third-order valence-electron chi connectivity index (χ3n) is 3.31. The molecule has 1 amide bonds. The van der Waals surface area contributed by atoms with Crippen LogP contribution in [0.3, 0.4) is 0 Å². The monoisotopic (exact) mass is 233 g/mol. The van der Waals surface area contributed by atoms with Crippen LogP contribution in [-0.2, 0) is 4.79 Å². The first-order valence-corrected chi connectivity index (χ1v) is 6.57. The van der Waals surface area contributed by atoms with Crippen LogP contribution >= 0.6 is 0 Å². The molecule has 2 rings (SSSR count). The highest BCUT2D eigenvalue weighted by Crippen LogP contribution is 2.09. The number of hydrogen-bond donors (Lipinski definition) is 1. The highest BCUT2D eigenvalue weighted by molar-refractivity contribution is 5.96. The van der Waals surface area contributed by atoms with E-state index in [4.69, 9.17) is 0 Å². The van der Waals surface area contributed by atoms with E-state index in [0.717, 1.165) is 25.1 Å². The van der Waals surface area contributed by atoms with Crippen LogP contribution in [0.15, 0.2) is 23.8 Å². The Labute approximate surface area is 104 Å². The van der Waals surface area contributed by atoms with Gasteiger partial charge in [-0.25, -0.2) is 0 Å². The summed E-state index contributed by atoms with van der Waals surface area (Å²) in [7, 11) is 0. The minimum atomic E-state index is 0.0614. The Kier molecular flexibility index (Phi) is 4.80. The zero-order chi connectivity index (χ0) is 11.9. The van der Waals surface area contributed by atoms with Gasteiger partial charge in [-0.05, 0) is 38.8 Å². The van der Waals surface area contributed by atoms with Gasteiger partial charge in [0.15, 0.2) is 0 Å². The molecule has 0 aromatic rings. The van der Waals surface area contributed by atoms with Gasteiger partial charge in [-0.2, -0.15) is 0 Å². The van der Waals surface area contributed by atoms with E-state index in [2.05, 4.69) is 10.2 Å². The smallest absolute Gasteiger partial charge is 0.250 e. The molecule has 1 saturated heterocycles. The molecule has 3 heteroatoms. The van der Waals surface area contributed by atoms with Gasteiger partial charge in [-0.1, -0.05) is 24.6 Å². The molecule has 1 N–H and O–H groups in total. The summed E-state index contributed by atoms with van der Waals surface area (Å²) in [5, 5.41) is 2.99. The van der Waals surface area contributed by atoms with Crippen LogP contribution in [-0.4, -0.2) is 37.0 Å². The highest BCUT2D eigenvalue weighted by atomic mass is 16.1. The van der Waals surface area contributed by atoms with E-state index in [0.29, 0.717) is 0 Å². The second-order valence-corrected chi connectivity index (χ2v) is 4.65. The van der Waals surface area contributed by atoms with Gasteiger partial charge in [0.25, 0.3) is 5.91 Å². The van der Waals surface area contributed by atoms with Crippen molar-refractivity contribution < 1.29 is 4.79 Å². The third kappa shape index (κ3) is 4.00. The molecule has 1 aliphatic carbocycles. The molecule has 0 aromatic heterocycles. The number of piperidine rings is 1. The largest absolute Gasteiger partial charge is 0.351 e. The van der Waals surface area contributed by atoms with Crippen LogP contribution in [0, 0.1) is 6.42 Å². The fourth-order valence-electron chi connectivity index (χ4n) is 2.29. The molecule has 1 radical (unpaired) electrons. The van der Waals surface area contributed by atoms with Gasteiger partial charge < -0.3 is 10.2 Å². The van der Waals surface area contributed by atoms with E-state index < -0.39 is 0 Å². The Balaban J connectivity index is 1.65. The Bertz CT molecular complexity index is 314. The minimum absolute atomic E-state index is 0.0614. The molecule has 1 heterocycles. The summed E-state index contributed by atoms with van der Waals surface area (Å²) in [5.41, 5.74) is 0.797. The molecule has 0 unspecified atom stereocenters. The quantitative estimate of drug-likeness (QED) is 0.801. The zero-order valence-corrected chi connectivity index (χ0v) is 10.3. The number of hydrogen-bond acceptors (Lipinski definition) is 2. The van der Waals surface area contributed by atoms with E-state index in [-0.39, 0.29) is 5.91 Å². The standard InChI is InChI=1S/C14H21N2O/c17-14(13-7-3-1-4-8-13)15-9-12-16-10-5-2-6-11-16/h1,3,7-8H,2,4-6,9-12H2,(H,15,17). The Morgan fingerprint density at radius 1 is 1.29 bits per heavy atom. The summed E-state index contributed by atoms with van der Waals surface area (Å²) in [6.45, 7) is 4.11. The number of likely N-dealkylation sites (tertiary alicyclic amines) is 1. The Morgan fingerprint density at radius 2 is 2.12 bits per heavy atom. The maximum absolute atomic E-state index is 11.8. The molecule has 93 valence electrons. The summed E-state index contributed by atoms with van der Waals surface area (Å²) in [4.78, 5) is 14.2. The molecule has 1 fully saturated rings. The van der Waals surface area contributed by atoms with Gasteiger partial charge >= 0.3 is 0 Å². The van der Waals surface area contributed by atoms with E-state index in [1.165, 1.54) is 32.4 Å². The van der Waals surface area contributed by atoms with Crippen molar-refractivity contribution in [1.82, 2.24) is 10.2 Å². The number of carbonyl (C=O) groups is 1. The predicted octanol–water partition coefficient (Wildman–Crippen LogP) is 1.68. The highest BCUT2D eigenvalue weighted by Gasteiger charge is 2.11. The first-order chi connectivity index (χ1) is 8.36. The number of allylic oxidation sites excluding steroid dienone is 2. The van der Waals surface area contributed by atoms with Crippen LogP contribution in [0.5, 0.6) is 0 Å². The molecule has 0 saturated carbocycles. The lowest BCUT2D eigenvalue weighted by Gasteiger charge is -2.26. The van der Waals surface area contributed by atoms with E-state index >= 15 is 0 Å². The van der Waals surface area contributed by atoms with Gasteiger partial charge in [0.2, 0.25) is 0 Å². The number of carbonyl (C=O) groups excluding carboxylic acids is 1. The van der Waals surface area contributed by atoms with Crippen molar-refractivity contribution in [2.24, 2.45) is 0 Å². The summed E-state index contributed by atoms with van der Waals surface area (Å²) in [5.74, 6) is 0.0614. The molecule has 0 spiro atoms. The van der Waals surface area contributed by atoms with Crippen molar-refractivity contribution in [1.29, 1.82) is 0 Å². The average Bonchev–Trinajstić information content (AvgIpc) is 2.41. The van der Waals surface area contributed by atoms with Crippen LogP contribution in [0.4, 0.5) is 0 Å². The number of amides is 1. The van der Waals surface area contributed by atoms with Gasteiger partial charge in [-0.15, -0.1) is 0 Å². The Morgan fingerprint density at radius 3 is 2.82 bits per heavy atom. The molecule has 0 bridgehead atoms. The number of rotatable bonds is 4. The second-order valence-electron chi connectivity index (χ2n) is 4.65. The molecule has 17 heavy (non-hydrogen) atoms. The number of nitrogens with zero attached hydrogens (tertiary/aromatic N) is 1. The van der Waals surface area contributed by atoms with Gasteiger partial charge in [0, 0.05) is 18.7 Å². The maximum Gasteiger partial charge on any atom is 0.250 e. The summed E-state index contributed by atoms with van der Waals surface area (Å²) >= 11 is 0. The van der Waals surface area contributed by atoms with Crippen LogP contribution in [0.25, 0.3) is 0 Å². The fraction of sp³-hybridized carbons (Fsp3) is 0.571. The molecular weight excluding hydrogens is 212 g/mol. The van der Waals surface area contributed by atoms with Crippen molar-refractivity contribution in [3.05, 3.63) is 30.2 Å². The van der Waals surface area contributed by atoms with Gasteiger partial charge in [0.05, 0.1) is 0 Å². The van der Waals surface area contributed by atoms with Crippen molar-refractivity contribution >= 4 is 5.91 Å². The average molecular weight is 233 g/mol. The van der Waals surface area contributed by atoms with Crippen molar-refractivity contribution in [2.75, 3.05) is 26.2 Å². The second kappa shape index (κ2) is 6.60. The maximum atomic E-state index is 11.8. The summed E-state index contributed by atoms with van der Waals surface area (Å²) < 4.78 is 0. The molecule has 1 aliphatic heterocycles. The van der Waals surface area contributed by atoms with Gasteiger partial charge in [0.1, 0.15) is 0 Å². The third-order valence-corrected chi connectivity index (χ3v) is 3.31. The first kappa shape index (κ1) is 12.4. The van der Waals surface area contributed by atoms with E-state index in [1.807, 2.05) is 24.6 Å². The van der Waals surface area contributed by atoms with Crippen LogP contribution < -0.4 is 5.32 Å². The van der Waals surface area contributed by atoms with Crippen LogP contribution in [0.1, 0.15) is 25.7 Å². The van der Waals surface area contributed by atoms with E-state index in [9.17, 15) is 4.79 Å². The summed E-state index contributed by atoms with van der Waals surface area (Å²) in [6.07, 6.45) is 12.7. The molecule has 0 aromatic carbocycles. The predicted molar refractivity (Wildman–Crippen MR) is 69.4 cm³/mol. The van der Waals surface area contributed by atoms with E-state index in [1.54, 1.807) is 0 Å². The molecule has 2 aliphatic rings. The van der Waals surface area contributed by atoms with Crippen molar-refractivity contribution in [2.45, 2.75) is 25.7 Å². The van der Waals surface area contributed by atoms with Crippen molar-refractivity contribution in [3.63, 3.8) is 0 Å². The van der Waals surface area contributed by atoms with Gasteiger partial charge in [-0.3, -0.25) is 4.79 Å². The number of nitrogens with one attached hydrogen (secondary N) is 1. The van der Waals surface area contributed by atoms with Crippen molar-refractivity contribution in [3.8, 4) is 0 Å². The molecule has 0 atom stereocenters. The van der Waals surface area contributed by atoms with Crippen LogP contribution in [0.2, 0.25) is 0 Å². The topological polar surface area (TPSA) is 32.3 Å². The molecular formula is C14H21N2O. The zero-order valence-electron chi connectivity index (χ0n) is 10.3. The fourth-order valence-corrected chi connectivity index (χ4v) is 2.29. The SMILES string of the molecule is O=C(NCCN1CCCCC1)C1=CC[CH]C=C1. The minimum Gasteiger partial charge on any atom is -0.351 e.